The highest BCUT2D eigenvalue weighted by atomic mass is 16.5. The molecule has 1 saturated heterocycles. The van der Waals surface area contributed by atoms with Gasteiger partial charge in [-0.05, 0) is 38.5 Å². The lowest BCUT2D eigenvalue weighted by Gasteiger charge is -2.40. The van der Waals surface area contributed by atoms with E-state index in [2.05, 4.69) is 6.92 Å². The summed E-state index contributed by atoms with van der Waals surface area (Å²) < 4.78 is 5.75. The molecule has 2 fully saturated rings. The average molecular weight is 198 g/mol. The van der Waals surface area contributed by atoms with Crippen molar-refractivity contribution in [1.29, 1.82) is 0 Å². The molecule has 1 heterocycles. The van der Waals surface area contributed by atoms with Gasteiger partial charge in [-0.15, -0.1) is 0 Å². The number of hydrogen-bond acceptors (Lipinski definition) is 2. The van der Waals surface area contributed by atoms with Crippen LogP contribution in [0.5, 0.6) is 0 Å². The Hall–Kier alpha value is -0.0800. The van der Waals surface area contributed by atoms with E-state index in [4.69, 9.17) is 4.74 Å². The fraction of sp³-hybridized carbons (Fsp3) is 1.00. The van der Waals surface area contributed by atoms with Crippen LogP contribution in [0.2, 0.25) is 0 Å². The summed E-state index contributed by atoms with van der Waals surface area (Å²) in [5.74, 6) is 0.771. The number of aliphatic hydroxyl groups excluding tert-OH is 1. The molecule has 0 spiro atoms. The Morgan fingerprint density at radius 3 is 2.64 bits per heavy atom. The number of ether oxygens (including phenoxy) is 1. The summed E-state index contributed by atoms with van der Waals surface area (Å²) >= 11 is 0. The van der Waals surface area contributed by atoms with E-state index in [1.807, 2.05) is 0 Å². The normalized spacial score (nSPS) is 36.4. The van der Waals surface area contributed by atoms with E-state index in [1.54, 1.807) is 0 Å². The molecule has 0 bridgehead atoms. The van der Waals surface area contributed by atoms with Crippen LogP contribution in [-0.2, 0) is 4.74 Å². The van der Waals surface area contributed by atoms with Gasteiger partial charge in [0.25, 0.3) is 0 Å². The van der Waals surface area contributed by atoms with Crippen LogP contribution < -0.4 is 0 Å². The maximum atomic E-state index is 10.1. The van der Waals surface area contributed by atoms with Crippen molar-refractivity contribution < 1.29 is 9.84 Å². The summed E-state index contributed by atoms with van der Waals surface area (Å²) in [6, 6.07) is 0. The van der Waals surface area contributed by atoms with Crippen LogP contribution in [0, 0.1) is 5.92 Å². The second-order valence-electron chi connectivity index (χ2n) is 5.17. The first-order chi connectivity index (χ1) is 6.71. The lowest BCUT2D eigenvalue weighted by atomic mass is 9.77. The summed E-state index contributed by atoms with van der Waals surface area (Å²) in [4.78, 5) is 0. The molecule has 82 valence electrons. The third-order valence-corrected chi connectivity index (χ3v) is 3.99. The summed E-state index contributed by atoms with van der Waals surface area (Å²) in [6.45, 7) is 2.91. The molecule has 1 aliphatic carbocycles. The highest BCUT2D eigenvalue weighted by Crippen LogP contribution is 2.36. The molecule has 0 radical (unpaired) electrons. The van der Waals surface area contributed by atoms with Gasteiger partial charge in [-0.3, -0.25) is 0 Å². The first-order valence-corrected chi connectivity index (χ1v) is 6.03. The summed E-state index contributed by atoms with van der Waals surface area (Å²) in [5.41, 5.74) is -0.242. The van der Waals surface area contributed by atoms with Gasteiger partial charge < -0.3 is 9.84 Å². The zero-order valence-electron chi connectivity index (χ0n) is 9.17. The molecule has 2 heteroatoms. The third-order valence-electron chi connectivity index (χ3n) is 3.99. The number of hydrogen-bond donors (Lipinski definition) is 1. The SMILES string of the molecule is CC1(C(O)CC2CCC2)CCCCO1. The van der Waals surface area contributed by atoms with Crippen molar-refractivity contribution in [3.05, 3.63) is 0 Å². The smallest absolute Gasteiger partial charge is 0.0912 e. The highest BCUT2D eigenvalue weighted by molar-refractivity contribution is 4.88. The lowest BCUT2D eigenvalue weighted by molar-refractivity contribution is -0.143. The molecule has 2 atom stereocenters. The van der Waals surface area contributed by atoms with Gasteiger partial charge in [0.15, 0.2) is 0 Å². The fourth-order valence-corrected chi connectivity index (χ4v) is 2.51. The fourth-order valence-electron chi connectivity index (χ4n) is 2.51. The van der Waals surface area contributed by atoms with Gasteiger partial charge in [-0.1, -0.05) is 19.3 Å². The van der Waals surface area contributed by atoms with Crippen LogP contribution in [0.3, 0.4) is 0 Å². The Bertz CT molecular complexity index is 181. The molecule has 2 unspecified atom stereocenters. The van der Waals surface area contributed by atoms with Gasteiger partial charge in [0.05, 0.1) is 11.7 Å². The van der Waals surface area contributed by atoms with Gasteiger partial charge in [-0.2, -0.15) is 0 Å². The maximum absolute atomic E-state index is 10.1. The minimum absolute atomic E-state index is 0.242. The Morgan fingerprint density at radius 2 is 2.14 bits per heavy atom. The molecular formula is C12H22O2. The summed E-state index contributed by atoms with van der Waals surface area (Å²) in [7, 11) is 0. The third kappa shape index (κ3) is 2.12. The predicted molar refractivity (Wildman–Crippen MR) is 56.2 cm³/mol. The minimum atomic E-state index is -0.243. The predicted octanol–water partition coefficient (Wildman–Crippen LogP) is 2.50. The van der Waals surface area contributed by atoms with Gasteiger partial charge in [0, 0.05) is 6.61 Å². The highest BCUT2D eigenvalue weighted by Gasteiger charge is 2.37. The van der Waals surface area contributed by atoms with Crippen LogP contribution in [0.1, 0.15) is 51.9 Å². The topological polar surface area (TPSA) is 29.5 Å². The monoisotopic (exact) mass is 198 g/mol. The average Bonchev–Trinajstić information content (AvgIpc) is 2.12. The quantitative estimate of drug-likeness (QED) is 0.755. The molecule has 0 aromatic rings. The van der Waals surface area contributed by atoms with E-state index in [1.165, 1.54) is 25.7 Å². The minimum Gasteiger partial charge on any atom is -0.390 e. The zero-order chi connectivity index (χ0) is 10.0. The summed E-state index contributed by atoms with van der Waals surface area (Å²) in [5, 5.41) is 10.1. The second kappa shape index (κ2) is 4.19. The van der Waals surface area contributed by atoms with Gasteiger partial charge >= 0.3 is 0 Å². The molecular weight excluding hydrogens is 176 g/mol. The first-order valence-electron chi connectivity index (χ1n) is 6.03. The first kappa shape index (κ1) is 10.4. The Kier molecular flexibility index (Phi) is 3.13. The standard InChI is InChI=1S/C12H22O2/c1-12(7-2-3-8-14-12)11(13)9-10-5-4-6-10/h10-11,13H,2-9H2,1H3. The molecule has 1 aliphatic heterocycles. The van der Waals surface area contributed by atoms with Gasteiger partial charge in [0.2, 0.25) is 0 Å². The number of aliphatic hydroxyl groups is 1. The van der Waals surface area contributed by atoms with E-state index in [0.717, 1.165) is 31.8 Å². The van der Waals surface area contributed by atoms with E-state index < -0.39 is 0 Å². The molecule has 2 aliphatic rings. The van der Waals surface area contributed by atoms with Crippen LogP contribution in [-0.4, -0.2) is 23.4 Å². The molecule has 2 rings (SSSR count). The van der Waals surface area contributed by atoms with Crippen molar-refractivity contribution in [2.45, 2.75) is 63.6 Å². The van der Waals surface area contributed by atoms with Crippen LogP contribution in [0.25, 0.3) is 0 Å². The molecule has 14 heavy (non-hydrogen) atoms. The van der Waals surface area contributed by atoms with Gasteiger partial charge in [-0.25, -0.2) is 0 Å². The van der Waals surface area contributed by atoms with E-state index in [-0.39, 0.29) is 11.7 Å². The molecule has 0 amide bonds. The molecule has 1 saturated carbocycles. The van der Waals surface area contributed by atoms with E-state index >= 15 is 0 Å². The Labute approximate surface area is 86.6 Å². The van der Waals surface area contributed by atoms with Gasteiger partial charge in [0.1, 0.15) is 0 Å². The zero-order valence-corrected chi connectivity index (χ0v) is 9.17. The van der Waals surface area contributed by atoms with Crippen molar-refractivity contribution in [3.8, 4) is 0 Å². The van der Waals surface area contributed by atoms with E-state index in [0.29, 0.717) is 0 Å². The van der Waals surface area contributed by atoms with Crippen LogP contribution >= 0.6 is 0 Å². The van der Waals surface area contributed by atoms with E-state index in [9.17, 15) is 5.11 Å². The molecule has 1 N–H and O–H groups in total. The molecule has 0 aromatic heterocycles. The molecule has 2 nitrogen and oxygen atoms in total. The van der Waals surface area contributed by atoms with Crippen LogP contribution in [0.4, 0.5) is 0 Å². The Morgan fingerprint density at radius 1 is 1.36 bits per heavy atom. The van der Waals surface area contributed by atoms with Crippen molar-refractivity contribution in [3.63, 3.8) is 0 Å². The van der Waals surface area contributed by atoms with Crippen molar-refractivity contribution in [2.24, 2.45) is 5.92 Å². The largest absolute Gasteiger partial charge is 0.390 e. The Balaban J connectivity index is 1.83. The summed E-state index contributed by atoms with van der Waals surface area (Å²) in [6.07, 6.45) is 8.09. The second-order valence-corrected chi connectivity index (χ2v) is 5.17. The lowest BCUT2D eigenvalue weighted by Crippen LogP contribution is -2.45. The maximum Gasteiger partial charge on any atom is 0.0912 e. The van der Waals surface area contributed by atoms with Crippen molar-refractivity contribution in [2.75, 3.05) is 6.61 Å². The van der Waals surface area contributed by atoms with Crippen molar-refractivity contribution in [1.82, 2.24) is 0 Å². The number of rotatable bonds is 3. The van der Waals surface area contributed by atoms with Crippen molar-refractivity contribution >= 4 is 0 Å². The molecule has 0 aromatic carbocycles. The van der Waals surface area contributed by atoms with Crippen LogP contribution in [0.15, 0.2) is 0 Å².